The molecule has 0 amide bonds. The molecule has 21 heavy (non-hydrogen) atoms. The van der Waals surface area contributed by atoms with Crippen LogP contribution < -0.4 is 0 Å². The highest BCUT2D eigenvalue weighted by Crippen LogP contribution is 2.18. The highest BCUT2D eigenvalue weighted by Gasteiger charge is 2.26. The Labute approximate surface area is 123 Å². The molecule has 1 unspecified atom stereocenters. The van der Waals surface area contributed by atoms with Crippen molar-refractivity contribution >= 4 is 16.0 Å². The summed E-state index contributed by atoms with van der Waals surface area (Å²) in [6.07, 6.45) is 2.92. The van der Waals surface area contributed by atoms with Gasteiger partial charge in [0.1, 0.15) is 0 Å². The molecule has 0 spiro atoms. The van der Waals surface area contributed by atoms with Gasteiger partial charge in [-0.2, -0.15) is 4.31 Å². The van der Waals surface area contributed by atoms with Crippen molar-refractivity contribution in [2.45, 2.75) is 17.9 Å². The third-order valence-electron chi connectivity index (χ3n) is 3.43. The highest BCUT2D eigenvalue weighted by molar-refractivity contribution is 7.89. The van der Waals surface area contributed by atoms with Crippen molar-refractivity contribution in [1.82, 2.24) is 9.29 Å². The lowest BCUT2D eigenvalue weighted by Gasteiger charge is -2.26. The first-order valence-corrected chi connectivity index (χ1v) is 8.08. The van der Waals surface area contributed by atoms with E-state index < -0.39 is 16.0 Å². The topological polar surface area (TPSA) is 96.8 Å². The monoisotopic (exact) mass is 314 g/mol. The van der Waals surface area contributed by atoms with Crippen molar-refractivity contribution < 1.29 is 23.1 Å². The zero-order valence-electron chi connectivity index (χ0n) is 11.7. The standard InChI is InChI=1S/C13H18N2O5S/c1-15(8-10-3-2-6-20-9-10)21(18,19)12-5-4-11(7-14-12)13(16)17/h4-5,7,10H,2-3,6,8-9H2,1H3,(H,16,17). The fourth-order valence-corrected chi connectivity index (χ4v) is 3.38. The maximum atomic E-state index is 12.4. The van der Waals surface area contributed by atoms with E-state index in [4.69, 9.17) is 9.84 Å². The van der Waals surface area contributed by atoms with Gasteiger partial charge in [-0.15, -0.1) is 0 Å². The van der Waals surface area contributed by atoms with Crippen LogP contribution >= 0.6 is 0 Å². The van der Waals surface area contributed by atoms with Gasteiger partial charge in [-0.3, -0.25) is 0 Å². The summed E-state index contributed by atoms with van der Waals surface area (Å²) in [6, 6.07) is 2.45. The van der Waals surface area contributed by atoms with Crippen LogP contribution in [0, 0.1) is 5.92 Å². The molecule has 1 aromatic rings. The van der Waals surface area contributed by atoms with E-state index in [1.54, 1.807) is 0 Å². The molecule has 0 saturated carbocycles. The highest BCUT2D eigenvalue weighted by atomic mass is 32.2. The summed E-state index contributed by atoms with van der Waals surface area (Å²) in [5.74, 6) is -0.962. The Balaban J connectivity index is 2.10. The van der Waals surface area contributed by atoms with Crippen molar-refractivity contribution in [3.05, 3.63) is 23.9 Å². The van der Waals surface area contributed by atoms with Gasteiger partial charge in [-0.05, 0) is 30.9 Å². The fourth-order valence-electron chi connectivity index (χ4n) is 2.23. The number of hydrogen-bond acceptors (Lipinski definition) is 5. The molecular formula is C13H18N2O5S. The van der Waals surface area contributed by atoms with Crippen LogP contribution in [0.4, 0.5) is 0 Å². The van der Waals surface area contributed by atoms with E-state index >= 15 is 0 Å². The Morgan fingerprint density at radius 3 is 2.81 bits per heavy atom. The largest absolute Gasteiger partial charge is 0.478 e. The van der Waals surface area contributed by atoms with Gasteiger partial charge in [0.05, 0.1) is 12.2 Å². The van der Waals surface area contributed by atoms with Gasteiger partial charge in [0, 0.05) is 26.4 Å². The summed E-state index contributed by atoms with van der Waals surface area (Å²) in [5, 5.41) is 8.64. The maximum absolute atomic E-state index is 12.4. The Morgan fingerprint density at radius 2 is 2.29 bits per heavy atom. The van der Waals surface area contributed by atoms with E-state index in [1.807, 2.05) is 0 Å². The van der Waals surface area contributed by atoms with Crippen LogP contribution in [0.5, 0.6) is 0 Å². The lowest BCUT2D eigenvalue weighted by atomic mass is 10.0. The lowest BCUT2D eigenvalue weighted by Crippen LogP contribution is -2.35. The van der Waals surface area contributed by atoms with Gasteiger partial charge >= 0.3 is 5.97 Å². The predicted molar refractivity (Wildman–Crippen MR) is 74.6 cm³/mol. The minimum Gasteiger partial charge on any atom is -0.478 e. The summed E-state index contributed by atoms with van der Waals surface area (Å²) >= 11 is 0. The molecule has 2 rings (SSSR count). The SMILES string of the molecule is CN(CC1CCCOC1)S(=O)(=O)c1ccc(C(=O)O)cn1. The number of aromatic nitrogens is 1. The van der Waals surface area contributed by atoms with E-state index in [0.717, 1.165) is 25.6 Å². The number of carbonyl (C=O) groups is 1. The second kappa shape index (κ2) is 6.50. The van der Waals surface area contributed by atoms with E-state index in [2.05, 4.69) is 4.98 Å². The molecule has 0 radical (unpaired) electrons. The Hall–Kier alpha value is -1.51. The molecule has 1 aromatic heterocycles. The molecule has 1 N–H and O–H groups in total. The van der Waals surface area contributed by atoms with Gasteiger partial charge < -0.3 is 9.84 Å². The second-order valence-corrected chi connectivity index (χ2v) is 7.05. The quantitative estimate of drug-likeness (QED) is 0.864. The first kappa shape index (κ1) is 15.9. The number of aromatic carboxylic acids is 1. The molecule has 0 bridgehead atoms. The van der Waals surface area contributed by atoms with Crippen LogP contribution in [-0.2, 0) is 14.8 Å². The number of rotatable bonds is 5. The smallest absolute Gasteiger partial charge is 0.337 e. The summed E-state index contributed by atoms with van der Waals surface area (Å²) in [7, 11) is -2.21. The summed E-state index contributed by atoms with van der Waals surface area (Å²) in [4.78, 5) is 14.5. The number of nitrogens with zero attached hydrogens (tertiary/aromatic N) is 2. The maximum Gasteiger partial charge on any atom is 0.337 e. The van der Waals surface area contributed by atoms with E-state index in [-0.39, 0.29) is 16.5 Å². The Bertz CT molecular complexity index is 593. The Kier molecular flexibility index (Phi) is 4.92. The van der Waals surface area contributed by atoms with Gasteiger partial charge in [0.15, 0.2) is 5.03 Å². The number of carboxylic acid groups (broad SMARTS) is 1. The van der Waals surface area contributed by atoms with Gasteiger partial charge in [0.25, 0.3) is 10.0 Å². The number of ether oxygens (including phenoxy) is 1. The van der Waals surface area contributed by atoms with Crippen LogP contribution in [0.2, 0.25) is 0 Å². The van der Waals surface area contributed by atoms with E-state index in [1.165, 1.54) is 23.5 Å². The molecule has 2 heterocycles. The number of sulfonamides is 1. The van der Waals surface area contributed by atoms with Crippen LogP contribution in [0.3, 0.4) is 0 Å². The van der Waals surface area contributed by atoms with E-state index in [9.17, 15) is 13.2 Å². The van der Waals surface area contributed by atoms with Crippen LogP contribution in [0.15, 0.2) is 23.4 Å². The molecule has 1 aliphatic rings. The molecule has 116 valence electrons. The molecule has 0 aromatic carbocycles. The zero-order valence-corrected chi connectivity index (χ0v) is 12.5. The average molecular weight is 314 g/mol. The summed E-state index contributed by atoms with van der Waals surface area (Å²) in [5.41, 5.74) is -0.0442. The van der Waals surface area contributed by atoms with Crippen LogP contribution in [0.1, 0.15) is 23.2 Å². The Morgan fingerprint density at radius 1 is 1.52 bits per heavy atom. The van der Waals surface area contributed by atoms with Crippen LogP contribution in [-0.4, -0.2) is 55.6 Å². The minimum absolute atomic E-state index is 0.0442. The minimum atomic E-state index is -3.71. The van der Waals surface area contributed by atoms with Gasteiger partial charge in [-0.1, -0.05) is 0 Å². The summed E-state index contributed by atoms with van der Waals surface area (Å²) in [6.45, 7) is 1.65. The summed E-state index contributed by atoms with van der Waals surface area (Å²) < 4.78 is 31.3. The molecule has 7 nitrogen and oxygen atoms in total. The van der Waals surface area contributed by atoms with Crippen molar-refractivity contribution in [2.24, 2.45) is 5.92 Å². The van der Waals surface area contributed by atoms with E-state index in [0.29, 0.717) is 13.2 Å². The van der Waals surface area contributed by atoms with Crippen molar-refractivity contribution in [2.75, 3.05) is 26.8 Å². The van der Waals surface area contributed by atoms with Crippen molar-refractivity contribution in [3.63, 3.8) is 0 Å². The molecule has 8 heteroatoms. The molecule has 1 saturated heterocycles. The van der Waals surface area contributed by atoms with Gasteiger partial charge in [0.2, 0.25) is 0 Å². The molecule has 1 fully saturated rings. The predicted octanol–water partition coefficient (Wildman–Crippen LogP) is 0.827. The number of hydrogen-bond donors (Lipinski definition) is 1. The molecule has 1 aliphatic heterocycles. The number of pyridine rings is 1. The zero-order chi connectivity index (χ0) is 15.5. The number of carboxylic acids is 1. The first-order chi connectivity index (χ1) is 9.91. The molecular weight excluding hydrogens is 296 g/mol. The second-order valence-electron chi connectivity index (χ2n) is 5.06. The van der Waals surface area contributed by atoms with Crippen molar-refractivity contribution in [1.29, 1.82) is 0 Å². The third kappa shape index (κ3) is 3.78. The van der Waals surface area contributed by atoms with Crippen LogP contribution in [0.25, 0.3) is 0 Å². The lowest BCUT2D eigenvalue weighted by molar-refractivity contribution is 0.0495. The fraction of sp³-hybridized carbons (Fsp3) is 0.538. The third-order valence-corrected chi connectivity index (χ3v) is 5.17. The normalized spacial score (nSPS) is 19.6. The average Bonchev–Trinajstić information content (AvgIpc) is 2.48. The molecule has 1 atom stereocenters. The van der Waals surface area contributed by atoms with Gasteiger partial charge in [-0.25, -0.2) is 18.2 Å². The first-order valence-electron chi connectivity index (χ1n) is 6.64. The van der Waals surface area contributed by atoms with Crippen molar-refractivity contribution in [3.8, 4) is 0 Å². The molecule has 0 aliphatic carbocycles.